The van der Waals surface area contributed by atoms with Gasteiger partial charge in [0, 0.05) is 12.6 Å². The van der Waals surface area contributed by atoms with Crippen molar-refractivity contribution in [3.63, 3.8) is 0 Å². The number of hydrogen-bond acceptors (Lipinski definition) is 4. The third-order valence-electron chi connectivity index (χ3n) is 2.80. The quantitative estimate of drug-likeness (QED) is 0.845. The number of fused-ring (bicyclic) bond motifs is 1. The van der Waals surface area contributed by atoms with Crippen molar-refractivity contribution < 1.29 is 4.74 Å². The predicted molar refractivity (Wildman–Crippen MR) is 71.9 cm³/mol. The highest BCUT2D eigenvalue weighted by Crippen LogP contribution is 2.35. The second kappa shape index (κ2) is 5.34. The normalized spacial score (nSPS) is 18.2. The maximum atomic E-state index is 5.32. The summed E-state index contributed by atoms with van der Waals surface area (Å²) in [6.07, 6.45) is 3.33. The summed E-state index contributed by atoms with van der Waals surface area (Å²) in [5.74, 6) is 2.10. The maximum Gasteiger partial charge on any atom is 0.144 e. The molecule has 0 radical (unpaired) electrons. The lowest BCUT2D eigenvalue weighted by Gasteiger charge is -2.29. The minimum Gasteiger partial charge on any atom is -0.495 e. The molecular weight excluding hydrogens is 220 g/mol. The van der Waals surface area contributed by atoms with Crippen molar-refractivity contribution >= 4 is 23.1 Å². The highest BCUT2D eigenvalue weighted by atomic mass is 32.2. The summed E-state index contributed by atoms with van der Waals surface area (Å²) in [7, 11) is 1.71. The number of hydrogen-bond donors (Lipinski definition) is 2. The van der Waals surface area contributed by atoms with Crippen LogP contribution in [-0.2, 0) is 0 Å². The van der Waals surface area contributed by atoms with Gasteiger partial charge < -0.3 is 15.4 Å². The first-order valence-electron chi connectivity index (χ1n) is 5.51. The summed E-state index contributed by atoms with van der Waals surface area (Å²) >= 11 is 1.89. The summed E-state index contributed by atoms with van der Waals surface area (Å²) in [5.41, 5.74) is 2.24. The van der Waals surface area contributed by atoms with Crippen molar-refractivity contribution in [1.29, 1.82) is 0 Å². The first kappa shape index (κ1) is 11.5. The van der Waals surface area contributed by atoms with E-state index in [1.165, 1.54) is 12.2 Å². The van der Waals surface area contributed by atoms with E-state index in [0.29, 0.717) is 6.04 Å². The topological polar surface area (TPSA) is 33.3 Å². The molecule has 0 saturated heterocycles. The average Bonchev–Trinajstić information content (AvgIpc) is 2.35. The van der Waals surface area contributed by atoms with Gasteiger partial charge in [0.25, 0.3) is 0 Å². The van der Waals surface area contributed by atoms with Crippen LogP contribution >= 0.6 is 11.8 Å². The second-order valence-electron chi connectivity index (χ2n) is 3.89. The number of para-hydroxylation sites is 1. The van der Waals surface area contributed by atoms with Crippen molar-refractivity contribution in [3.05, 3.63) is 18.2 Å². The van der Waals surface area contributed by atoms with Crippen LogP contribution in [0.4, 0.5) is 11.4 Å². The predicted octanol–water partition coefficient (Wildman–Crippen LogP) is 2.65. The largest absolute Gasteiger partial charge is 0.495 e. The Labute approximate surface area is 101 Å². The van der Waals surface area contributed by atoms with Gasteiger partial charge in [-0.25, -0.2) is 0 Å². The van der Waals surface area contributed by atoms with Crippen molar-refractivity contribution in [2.45, 2.75) is 12.5 Å². The van der Waals surface area contributed by atoms with Gasteiger partial charge in [-0.1, -0.05) is 6.07 Å². The summed E-state index contributed by atoms with van der Waals surface area (Å²) in [6, 6.07) is 6.61. The van der Waals surface area contributed by atoms with E-state index in [1.807, 2.05) is 23.9 Å². The molecule has 3 nitrogen and oxygen atoms in total. The van der Waals surface area contributed by atoms with E-state index in [4.69, 9.17) is 4.74 Å². The van der Waals surface area contributed by atoms with Gasteiger partial charge in [0.05, 0.1) is 12.8 Å². The lowest BCUT2D eigenvalue weighted by Crippen LogP contribution is -2.33. The third-order valence-corrected chi connectivity index (χ3v) is 3.45. The number of thioether (sulfide) groups is 1. The van der Waals surface area contributed by atoms with Crippen molar-refractivity contribution in [3.8, 4) is 5.75 Å². The smallest absolute Gasteiger partial charge is 0.144 e. The molecule has 1 aliphatic rings. The SMILES string of the molecule is COc1cccc2c1NCC(CCSC)N2. The number of methoxy groups -OCH3 is 1. The molecule has 1 heterocycles. The fourth-order valence-corrected chi connectivity index (χ4v) is 2.45. The van der Waals surface area contributed by atoms with E-state index in [2.05, 4.69) is 23.0 Å². The Hall–Kier alpha value is -1.03. The lowest BCUT2D eigenvalue weighted by atomic mass is 10.1. The monoisotopic (exact) mass is 238 g/mol. The molecule has 1 atom stereocenters. The van der Waals surface area contributed by atoms with Crippen LogP contribution in [0.2, 0.25) is 0 Å². The molecule has 1 aliphatic heterocycles. The van der Waals surface area contributed by atoms with Gasteiger partial charge in [-0.15, -0.1) is 0 Å². The van der Waals surface area contributed by atoms with Crippen LogP contribution in [0.25, 0.3) is 0 Å². The van der Waals surface area contributed by atoms with Crippen molar-refractivity contribution in [2.75, 3.05) is 36.3 Å². The molecule has 1 unspecified atom stereocenters. The summed E-state index contributed by atoms with van der Waals surface area (Å²) in [4.78, 5) is 0. The number of anilines is 2. The highest BCUT2D eigenvalue weighted by Gasteiger charge is 2.19. The van der Waals surface area contributed by atoms with E-state index in [9.17, 15) is 0 Å². The molecule has 2 rings (SSSR count). The minimum atomic E-state index is 0.520. The Bertz CT molecular complexity index is 357. The van der Waals surface area contributed by atoms with E-state index < -0.39 is 0 Å². The lowest BCUT2D eigenvalue weighted by molar-refractivity contribution is 0.416. The van der Waals surface area contributed by atoms with E-state index in [0.717, 1.165) is 23.7 Å². The maximum absolute atomic E-state index is 5.32. The number of benzene rings is 1. The Kier molecular flexibility index (Phi) is 3.83. The Balaban J connectivity index is 2.09. The van der Waals surface area contributed by atoms with Crippen LogP contribution < -0.4 is 15.4 Å². The summed E-state index contributed by atoms with van der Waals surface area (Å²) in [6.45, 7) is 0.966. The molecule has 2 N–H and O–H groups in total. The average molecular weight is 238 g/mol. The zero-order chi connectivity index (χ0) is 11.4. The van der Waals surface area contributed by atoms with Gasteiger partial charge in [-0.3, -0.25) is 0 Å². The van der Waals surface area contributed by atoms with Gasteiger partial charge in [-0.2, -0.15) is 11.8 Å². The van der Waals surface area contributed by atoms with Crippen LogP contribution in [0.1, 0.15) is 6.42 Å². The Morgan fingerprint density at radius 1 is 1.50 bits per heavy atom. The highest BCUT2D eigenvalue weighted by molar-refractivity contribution is 7.98. The Morgan fingerprint density at radius 2 is 2.38 bits per heavy atom. The molecule has 16 heavy (non-hydrogen) atoms. The molecular formula is C12H18N2OS. The molecule has 0 aromatic heterocycles. The van der Waals surface area contributed by atoms with Gasteiger partial charge in [-0.05, 0) is 30.6 Å². The molecule has 0 aliphatic carbocycles. The van der Waals surface area contributed by atoms with Crippen molar-refractivity contribution in [1.82, 2.24) is 0 Å². The van der Waals surface area contributed by atoms with E-state index in [-0.39, 0.29) is 0 Å². The molecule has 0 spiro atoms. The molecule has 1 aromatic carbocycles. The first-order valence-corrected chi connectivity index (χ1v) is 6.91. The first-order chi connectivity index (χ1) is 7.85. The number of ether oxygens (including phenoxy) is 1. The zero-order valence-electron chi connectivity index (χ0n) is 9.75. The number of rotatable bonds is 4. The zero-order valence-corrected chi connectivity index (χ0v) is 10.6. The van der Waals surface area contributed by atoms with Gasteiger partial charge in [0.15, 0.2) is 0 Å². The van der Waals surface area contributed by atoms with E-state index >= 15 is 0 Å². The minimum absolute atomic E-state index is 0.520. The van der Waals surface area contributed by atoms with Gasteiger partial charge in [0.1, 0.15) is 11.4 Å². The Morgan fingerprint density at radius 3 is 3.12 bits per heavy atom. The van der Waals surface area contributed by atoms with Crippen LogP contribution in [0.3, 0.4) is 0 Å². The van der Waals surface area contributed by atoms with Gasteiger partial charge in [0.2, 0.25) is 0 Å². The molecule has 0 bridgehead atoms. The van der Waals surface area contributed by atoms with Crippen LogP contribution in [-0.4, -0.2) is 31.7 Å². The standard InChI is InChI=1S/C12H18N2OS/c1-15-11-5-3-4-10-12(11)13-8-9(14-10)6-7-16-2/h3-5,9,13-14H,6-8H2,1-2H3. The molecule has 88 valence electrons. The van der Waals surface area contributed by atoms with Gasteiger partial charge >= 0.3 is 0 Å². The molecule has 1 aromatic rings. The van der Waals surface area contributed by atoms with Crippen LogP contribution in [0.5, 0.6) is 5.75 Å². The molecule has 0 amide bonds. The van der Waals surface area contributed by atoms with Crippen LogP contribution in [0.15, 0.2) is 18.2 Å². The summed E-state index contributed by atoms with van der Waals surface area (Å²) < 4.78 is 5.32. The van der Waals surface area contributed by atoms with Crippen LogP contribution in [0, 0.1) is 0 Å². The molecule has 4 heteroatoms. The van der Waals surface area contributed by atoms with E-state index in [1.54, 1.807) is 7.11 Å². The number of nitrogens with one attached hydrogen (secondary N) is 2. The second-order valence-corrected chi connectivity index (χ2v) is 4.87. The fourth-order valence-electron chi connectivity index (χ4n) is 1.93. The summed E-state index contributed by atoms with van der Waals surface area (Å²) in [5, 5.41) is 7.00. The molecule has 0 saturated carbocycles. The molecule has 0 fully saturated rings. The van der Waals surface area contributed by atoms with Crippen molar-refractivity contribution in [2.24, 2.45) is 0 Å². The third kappa shape index (κ3) is 2.38. The fraction of sp³-hybridized carbons (Fsp3) is 0.500.